The van der Waals surface area contributed by atoms with Gasteiger partial charge in [-0.15, -0.1) is 0 Å². The average Bonchev–Trinajstić information content (AvgIpc) is 3.01. The van der Waals surface area contributed by atoms with Crippen LogP contribution in [0.1, 0.15) is 5.82 Å². The van der Waals surface area contributed by atoms with E-state index in [0.29, 0.717) is 10.1 Å². The monoisotopic (exact) mass is 416 g/mol. The summed E-state index contributed by atoms with van der Waals surface area (Å²) in [6, 6.07) is 20.8. The van der Waals surface area contributed by atoms with Crippen molar-refractivity contribution in [1.29, 1.82) is 5.26 Å². The largest absolute Gasteiger partial charge is 0.310 e. The molecule has 138 valence electrons. The van der Waals surface area contributed by atoms with Crippen molar-refractivity contribution in [2.24, 2.45) is 0 Å². The van der Waals surface area contributed by atoms with E-state index in [1.807, 2.05) is 66.7 Å². The summed E-state index contributed by atoms with van der Waals surface area (Å²) in [5.74, 6) is -0.166. The van der Waals surface area contributed by atoms with E-state index in [0.717, 1.165) is 18.1 Å². The molecule has 3 aromatic rings. The molecule has 0 fully saturated rings. The van der Waals surface area contributed by atoms with Crippen molar-refractivity contribution >= 4 is 33.7 Å². The Morgan fingerprint density at radius 3 is 1.96 bits per heavy atom. The molecular formula is C18H16N4O2S3. The van der Waals surface area contributed by atoms with E-state index in [9.17, 15) is 13.7 Å². The molecule has 0 bridgehead atoms. The number of hydrogen-bond donors (Lipinski definition) is 0. The van der Waals surface area contributed by atoms with Crippen LogP contribution in [0.4, 0.5) is 0 Å². The number of nitriles is 1. The Morgan fingerprint density at radius 2 is 1.48 bits per heavy atom. The van der Waals surface area contributed by atoms with E-state index < -0.39 is 10.2 Å². The van der Waals surface area contributed by atoms with Crippen LogP contribution >= 0.6 is 23.5 Å². The van der Waals surface area contributed by atoms with E-state index in [1.54, 1.807) is 0 Å². The zero-order chi connectivity index (χ0) is 19.4. The fraction of sp³-hybridized carbons (Fsp3) is 0.111. The molecule has 0 atom stereocenters. The Kier molecular flexibility index (Phi) is 5.92. The first kappa shape index (κ1) is 19.5. The standard InChI is InChI=1S/C18H16N4O2S3/c1-21(2)27(23,24)22-16(13-19)20-17(25-14-9-5-3-6-10-14)18(22)26-15-11-7-4-8-12-15/h3-12H,1-2H3. The highest BCUT2D eigenvalue weighted by Gasteiger charge is 2.29. The smallest absolute Gasteiger partial charge is 0.210 e. The number of imidazole rings is 1. The molecular weight excluding hydrogens is 400 g/mol. The van der Waals surface area contributed by atoms with Crippen LogP contribution in [0.15, 0.2) is 80.5 Å². The fourth-order valence-corrected chi connectivity index (χ4v) is 5.44. The molecule has 0 unspecified atom stereocenters. The van der Waals surface area contributed by atoms with Crippen LogP contribution in [0.5, 0.6) is 0 Å². The lowest BCUT2D eigenvalue weighted by atomic mass is 10.4. The Labute approximate surface area is 167 Å². The molecule has 0 spiro atoms. The minimum absolute atomic E-state index is 0.166. The van der Waals surface area contributed by atoms with Crippen molar-refractivity contribution < 1.29 is 8.42 Å². The van der Waals surface area contributed by atoms with Crippen LogP contribution in [-0.2, 0) is 10.2 Å². The first-order chi connectivity index (χ1) is 12.9. The van der Waals surface area contributed by atoms with E-state index >= 15 is 0 Å². The molecule has 0 aliphatic rings. The molecule has 2 aromatic carbocycles. The van der Waals surface area contributed by atoms with Crippen LogP contribution < -0.4 is 0 Å². The zero-order valence-electron chi connectivity index (χ0n) is 14.6. The first-order valence-electron chi connectivity index (χ1n) is 7.85. The molecule has 0 aliphatic heterocycles. The van der Waals surface area contributed by atoms with Gasteiger partial charge in [0, 0.05) is 23.9 Å². The third kappa shape index (κ3) is 4.20. The highest BCUT2D eigenvalue weighted by molar-refractivity contribution is 8.02. The van der Waals surface area contributed by atoms with E-state index in [4.69, 9.17) is 0 Å². The number of rotatable bonds is 6. The molecule has 6 nitrogen and oxygen atoms in total. The summed E-state index contributed by atoms with van der Waals surface area (Å²) >= 11 is 2.59. The SMILES string of the molecule is CN(C)S(=O)(=O)n1c(C#N)nc(Sc2ccccc2)c1Sc1ccccc1. The van der Waals surface area contributed by atoms with Crippen molar-refractivity contribution in [3.8, 4) is 6.07 Å². The van der Waals surface area contributed by atoms with Gasteiger partial charge in [0.15, 0.2) is 0 Å². The molecule has 0 saturated carbocycles. The maximum atomic E-state index is 12.9. The van der Waals surface area contributed by atoms with Crippen LogP contribution in [-0.4, -0.2) is 35.8 Å². The van der Waals surface area contributed by atoms with Crippen molar-refractivity contribution in [2.45, 2.75) is 19.8 Å². The van der Waals surface area contributed by atoms with Crippen molar-refractivity contribution in [3.63, 3.8) is 0 Å². The topological polar surface area (TPSA) is 79.0 Å². The van der Waals surface area contributed by atoms with Gasteiger partial charge < -0.3 is 0 Å². The van der Waals surface area contributed by atoms with E-state index in [1.165, 1.54) is 37.6 Å². The van der Waals surface area contributed by atoms with Gasteiger partial charge in [0.25, 0.3) is 0 Å². The third-order valence-electron chi connectivity index (χ3n) is 3.47. The number of aromatic nitrogens is 2. The molecule has 0 radical (unpaired) electrons. The highest BCUT2D eigenvalue weighted by Crippen LogP contribution is 2.40. The van der Waals surface area contributed by atoms with Crippen molar-refractivity contribution in [1.82, 2.24) is 13.3 Å². The Morgan fingerprint density at radius 1 is 0.963 bits per heavy atom. The van der Waals surface area contributed by atoms with Crippen LogP contribution in [0, 0.1) is 11.3 Å². The van der Waals surface area contributed by atoms with Gasteiger partial charge in [-0.3, -0.25) is 0 Å². The summed E-state index contributed by atoms with van der Waals surface area (Å²) in [6.45, 7) is 0. The predicted octanol–water partition coefficient (Wildman–Crippen LogP) is 3.71. The van der Waals surface area contributed by atoms with Crippen molar-refractivity contribution in [3.05, 3.63) is 66.5 Å². The zero-order valence-corrected chi connectivity index (χ0v) is 17.1. The first-order valence-corrected chi connectivity index (χ1v) is 10.9. The second kappa shape index (κ2) is 8.19. The Hall–Kier alpha value is -2.25. The molecule has 1 aromatic heterocycles. The summed E-state index contributed by atoms with van der Waals surface area (Å²) < 4.78 is 27.8. The maximum absolute atomic E-state index is 12.9. The molecule has 9 heteroatoms. The Balaban J connectivity index is 2.18. The van der Waals surface area contributed by atoms with Gasteiger partial charge in [0.1, 0.15) is 16.1 Å². The minimum Gasteiger partial charge on any atom is -0.210 e. The summed E-state index contributed by atoms with van der Waals surface area (Å²) in [7, 11) is -1.05. The second-order valence-electron chi connectivity index (χ2n) is 5.54. The van der Waals surface area contributed by atoms with Gasteiger partial charge in [-0.05, 0) is 24.3 Å². The quantitative estimate of drug-likeness (QED) is 0.609. The van der Waals surface area contributed by atoms with Gasteiger partial charge in [-0.1, -0.05) is 59.9 Å². The molecule has 0 aliphatic carbocycles. The van der Waals surface area contributed by atoms with Crippen LogP contribution in [0.3, 0.4) is 0 Å². The van der Waals surface area contributed by atoms with Crippen LogP contribution in [0.2, 0.25) is 0 Å². The lowest BCUT2D eigenvalue weighted by molar-refractivity contribution is 0.505. The number of nitrogens with zero attached hydrogens (tertiary/aromatic N) is 4. The van der Waals surface area contributed by atoms with E-state index in [-0.39, 0.29) is 5.82 Å². The summed E-state index contributed by atoms with van der Waals surface area (Å²) in [6.07, 6.45) is 0. The van der Waals surface area contributed by atoms with Crippen LogP contribution in [0.25, 0.3) is 0 Å². The number of hydrogen-bond acceptors (Lipinski definition) is 6. The summed E-state index contributed by atoms with van der Waals surface area (Å²) in [5, 5.41) is 10.4. The maximum Gasteiger partial charge on any atom is 0.310 e. The molecule has 27 heavy (non-hydrogen) atoms. The molecule has 1 heterocycles. The normalized spacial score (nSPS) is 11.5. The summed E-state index contributed by atoms with van der Waals surface area (Å²) in [4.78, 5) is 6.07. The minimum atomic E-state index is -3.91. The predicted molar refractivity (Wildman–Crippen MR) is 106 cm³/mol. The lowest BCUT2D eigenvalue weighted by Gasteiger charge is -2.15. The van der Waals surface area contributed by atoms with Gasteiger partial charge in [0.2, 0.25) is 5.82 Å². The second-order valence-corrected chi connectivity index (χ2v) is 9.66. The molecule has 0 amide bonds. The highest BCUT2D eigenvalue weighted by atomic mass is 32.2. The van der Waals surface area contributed by atoms with Gasteiger partial charge in [-0.2, -0.15) is 22.0 Å². The Bertz CT molecular complexity index is 1070. The molecule has 0 N–H and O–H groups in total. The van der Waals surface area contributed by atoms with Gasteiger partial charge in [0.05, 0.1) is 0 Å². The molecule has 0 saturated heterocycles. The van der Waals surface area contributed by atoms with Crippen molar-refractivity contribution in [2.75, 3.05) is 14.1 Å². The third-order valence-corrected chi connectivity index (χ3v) is 7.52. The summed E-state index contributed by atoms with van der Waals surface area (Å²) in [5.41, 5.74) is 0. The van der Waals surface area contributed by atoms with E-state index in [2.05, 4.69) is 4.98 Å². The molecule has 3 rings (SSSR count). The van der Waals surface area contributed by atoms with Gasteiger partial charge >= 0.3 is 10.2 Å². The average molecular weight is 417 g/mol. The fourth-order valence-electron chi connectivity index (χ4n) is 2.17. The lowest BCUT2D eigenvalue weighted by Crippen LogP contribution is -2.30. The number of benzene rings is 2. The van der Waals surface area contributed by atoms with Gasteiger partial charge in [-0.25, -0.2) is 4.98 Å².